The molecule has 0 aliphatic carbocycles. The van der Waals surface area contributed by atoms with Gasteiger partial charge < -0.3 is 9.84 Å². The van der Waals surface area contributed by atoms with E-state index in [1.54, 1.807) is 11.3 Å². The van der Waals surface area contributed by atoms with Gasteiger partial charge in [-0.3, -0.25) is 0 Å². The van der Waals surface area contributed by atoms with Gasteiger partial charge in [-0.05, 0) is 24.4 Å². The molecule has 0 radical (unpaired) electrons. The highest BCUT2D eigenvalue weighted by atomic mass is 35.5. The summed E-state index contributed by atoms with van der Waals surface area (Å²) in [6.45, 7) is 1.99. The predicted molar refractivity (Wildman–Crippen MR) is 65.1 cm³/mol. The van der Waals surface area contributed by atoms with Crippen LogP contribution in [0.3, 0.4) is 0 Å². The molecule has 86 valence electrons. The Morgan fingerprint density at radius 2 is 2.44 bits per heavy atom. The fraction of sp³-hybridized carbons (Fsp3) is 0.400. The van der Waals surface area contributed by atoms with Crippen molar-refractivity contribution in [3.63, 3.8) is 0 Å². The van der Waals surface area contributed by atoms with E-state index in [2.05, 4.69) is 15.5 Å². The number of nitrogens with zero attached hydrogens (tertiary/aromatic N) is 2. The lowest BCUT2D eigenvalue weighted by atomic mass is 10.1. The van der Waals surface area contributed by atoms with Crippen molar-refractivity contribution in [2.24, 2.45) is 0 Å². The summed E-state index contributed by atoms with van der Waals surface area (Å²) >= 11 is 1.64. The molecule has 0 aromatic carbocycles. The van der Waals surface area contributed by atoms with E-state index in [-0.39, 0.29) is 12.4 Å². The molecule has 1 atom stereocenters. The summed E-state index contributed by atoms with van der Waals surface area (Å²) in [5.41, 5.74) is 1.04. The van der Waals surface area contributed by atoms with Crippen molar-refractivity contribution in [1.82, 2.24) is 15.5 Å². The normalized spacial score (nSPS) is 19.6. The van der Waals surface area contributed by atoms with Gasteiger partial charge in [0.1, 0.15) is 0 Å². The first-order chi connectivity index (χ1) is 7.43. The van der Waals surface area contributed by atoms with E-state index in [9.17, 15) is 0 Å². The Labute approximate surface area is 103 Å². The molecule has 1 aliphatic rings. The van der Waals surface area contributed by atoms with Crippen LogP contribution >= 0.6 is 23.7 Å². The molecular formula is C10H12ClN3OS. The van der Waals surface area contributed by atoms with E-state index in [4.69, 9.17) is 4.52 Å². The molecular weight excluding hydrogens is 246 g/mol. The summed E-state index contributed by atoms with van der Waals surface area (Å²) in [6.07, 6.45) is 1.09. The molecule has 0 amide bonds. The molecule has 2 aromatic rings. The van der Waals surface area contributed by atoms with E-state index in [1.807, 2.05) is 16.8 Å². The number of hydrogen-bond donors (Lipinski definition) is 1. The summed E-state index contributed by atoms with van der Waals surface area (Å²) in [5.74, 6) is 1.87. The third-order valence-corrected chi connectivity index (χ3v) is 3.31. The minimum absolute atomic E-state index is 0. The van der Waals surface area contributed by atoms with Gasteiger partial charge in [-0.25, -0.2) is 0 Å². The van der Waals surface area contributed by atoms with Crippen LogP contribution in [0.15, 0.2) is 21.3 Å². The quantitative estimate of drug-likeness (QED) is 0.897. The first-order valence-corrected chi connectivity index (χ1v) is 5.94. The SMILES string of the molecule is Cl.c1cc(-c2noc([C@H]3CCNC3)n2)cs1. The van der Waals surface area contributed by atoms with Crippen molar-refractivity contribution < 1.29 is 4.52 Å². The highest BCUT2D eigenvalue weighted by Gasteiger charge is 2.22. The lowest BCUT2D eigenvalue weighted by Gasteiger charge is -1.98. The average molecular weight is 258 g/mol. The molecule has 1 N–H and O–H groups in total. The second kappa shape index (κ2) is 4.95. The fourth-order valence-corrected chi connectivity index (χ4v) is 2.41. The maximum atomic E-state index is 5.28. The lowest BCUT2D eigenvalue weighted by molar-refractivity contribution is 0.359. The molecule has 2 aromatic heterocycles. The number of hydrogen-bond acceptors (Lipinski definition) is 5. The smallest absolute Gasteiger partial charge is 0.231 e. The zero-order chi connectivity index (χ0) is 10.1. The maximum Gasteiger partial charge on any atom is 0.231 e. The molecule has 4 nitrogen and oxygen atoms in total. The molecule has 1 saturated heterocycles. The second-order valence-electron chi connectivity index (χ2n) is 3.66. The average Bonchev–Trinajstić information content (AvgIpc) is 3.02. The van der Waals surface area contributed by atoms with Gasteiger partial charge in [0.2, 0.25) is 11.7 Å². The lowest BCUT2D eigenvalue weighted by Crippen LogP contribution is -2.08. The van der Waals surface area contributed by atoms with Gasteiger partial charge >= 0.3 is 0 Å². The number of rotatable bonds is 2. The van der Waals surface area contributed by atoms with Crippen molar-refractivity contribution in [3.8, 4) is 11.4 Å². The van der Waals surface area contributed by atoms with Crippen LogP contribution in [0, 0.1) is 0 Å². The Morgan fingerprint density at radius 3 is 3.12 bits per heavy atom. The zero-order valence-electron chi connectivity index (χ0n) is 8.55. The molecule has 3 heterocycles. The highest BCUT2D eigenvalue weighted by Crippen LogP contribution is 2.24. The van der Waals surface area contributed by atoms with Crippen LogP contribution < -0.4 is 5.32 Å². The fourth-order valence-electron chi connectivity index (χ4n) is 1.78. The summed E-state index contributed by atoms with van der Waals surface area (Å²) in [5, 5.41) is 11.3. The third-order valence-electron chi connectivity index (χ3n) is 2.63. The Balaban J connectivity index is 0.000000963. The van der Waals surface area contributed by atoms with Crippen molar-refractivity contribution in [2.75, 3.05) is 13.1 Å². The molecule has 0 bridgehead atoms. The monoisotopic (exact) mass is 257 g/mol. The van der Waals surface area contributed by atoms with Gasteiger partial charge in [0.05, 0.1) is 5.92 Å². The van der Waals surface area contributed by atoms with E-state index in [1.165, 1.54) is 0 Å². The van der Waals surface area contributed by atoms with Crippen LogP contribution in [0.2, 0.25) is 0 Å². The van der Waals surface area contributed by atoms with Crippen LogP contribution in [0.4, 0.5) is 0 Å². The van der Waals surface area contributed by atoms with E-state index in [0.29, 0.717) is 11.7 Å². The maximum absolute atomic E-state index is 5.28. The second-order valence-corrected chi connectivity index (χ2v) is 4.44. The van der Waals surface area contributed by atoms with E-state index in [0.717, 1.165) is 31.0 Å². The number of thiophene rings is 1. The van der Waals surface area contributed by atoms with Crippen LogP contribution in [-0.4, -0.2) is 23.2 Å². The molecule has 6 heteroatoms. The van der Waals surface area contributed by atoms with Gasteiger partial charge in [-0.1, -0.05) is 5.16 Å². The van der Waals surface area contributed by atoms with Crippen molar-refractivity contribution in [1.29, 1.82) is 0 Å². The standard InChI is InChI=1S/C10H11N3OS.ClH/c1-3-11-5-7(1)10-12-9(13-14-10)8-2-4-15-6-8;/h2,4,6-7,11H,1,3,5H2;1H/t7-;/m0./s1. The van der Waals surface area contributed by atoms with Gasteiger partial charge in [-0.15, -0.1) is 12.4 Å². The van der Waals surface area contributed by atoms with Crippen molar-refractivity contribution >= 4 is 23.7 Å². The van der Waals surface area contributed by atoms with Gasteiger partial charge in [0, 0.05) is 17.5 Å². The summed E-state index contributed by atoms with van der Waals surface area (Å²) in [4.78, 5) is 4.42. The Bertz CT molecular complexity index is 437. The molecule has 0 saturated carbocycles. The molecule has 1 fully saturated rings. The van der Waals surface area contributed by atoms with Gasteiger partial charge in [0.15, 0.2) is 0 Å². The van der Waals surface area contributed by atoms with Crippen LogP contribution in [-0.2, 0) is 0 Å². The van der Waals surface area contributed by atoms with Gasteiger partial charge in [0.25, 0.3) is 0 Å². The summed E-state index contributed by atoms with van der Waals surface area (Å²) in [7, 11) is 0. The molecule has 0 spiro atoms. The highest BCUT2D eigenvalue weighted by molar-refractivity contribution is 7.08. The van der Waals surface area contributed by atoms with Crippen LogP contribution in [0.1, 0.15) is 18.2 Å². The molecule has 1 aliphatic heterocycles. The minimum Gasteiger partial charge on any atom is -0.339 e. The van der Waals surface area contributed by atoms with E-state index < -0.39 is 0 Å². The molecule has 3 rings (SSSR count). The largest absolute Gasteiger partial charge is 0.339 e. The van der Waals surface area contributed by atoms with Crippen molar-refractivity contribution in [3.05, 3.63) is 22.7 Å². The summed E-state index contributed by atoms with van der Waals surface area (Å²) < 4.78 is 5.28. The topological polar surface area (TPSA) is 51.0 Å². The predicted octanol–water partition coefficient (Wildman–Crippen LogP) is 2.30. The molecule has 16 heavy (non-hydrogen) atoms. The Kier molecular flexibility index (Phi) is 3.58. The first kappa shape index (κ1) is 11.6. The zero-order valence-corrected chi connectivity index (χ0v) is 10.2. The summed E-state index contributed by atoms with van der Waals surface area (Å²) in [6, 6.07) is 2.01. The van der Waals surface area contributed by atoms with Crippen molar-refractivity contribution in [2.45, 2.75) is 12.3 Å². The van der Waals surface area contributed by atoms with Gasteiger partial charge in [-0.2, -0.15) is 16.3 Å². The van der Waals surface area contributed by atoms with E-state index >= 15 is 0 Å². The molecule has 0 unspecified atom stereocenters. The number of aromatic nitrogens is 2. The Morgan fingerprint density at radius 1 is 1.50 bits per heavy atom. The number of halogens is 1. The van der Waals surface area contributed by atoms with Crippen LogP contribution in [0.25, 0.3) is 11.4 Å². The Hall–Kier alpha value is -0.910. The first-order valence-electron chi connectivity index (χ1n) is 5.00. The third kappa shape index (κ3) is 2.11. The van der Waals surface area contributed by atoms with Crippen LogP contribution in [0.5, 0.6) is 0 Å². The minimum atomic E-state index is 0. The number of nitrogens with one attached hydrogen (secondary N) is 1.